The highest BCUT2D eigenvalue weighted by Crippen LogP contribution is 2.24. The smallest absolute Gasteiger partial charge is 0.334 e. The summed E-state index contributed by atoms with van der Waals surface area (Å²) in [6.45, 7) is 1.99. The highest BCUT2D eigenvalue weighted by Gasteiger charge is 2.19. The van der Waals surface area contributed by atoms with E-state index >= 15 is 0 Å². The molecule has 2 heterocycles. The van der Waals surface area contributed by atoms with Crippen molar-refractivity contribution >= 4 is 11.7 Å². The Labute approximate surface area is 118 Å². The Morgan fingerprint density at radius 3 is 2.80 bits per heavy atom. The summed E-state index contributed by atoms with van der Waals surface area (Å²) in [5.41, 5.74) is 1.67. The predicted molar refractivity (Wildman–Crippen MR) is 73.4 cm³/mol. The van der Waals surface area contributed by atoms with Gasteiger partial charge in [-0.2, -0.15) is 0 Å². The molecule has 1 saturated heterocycles. The number of rotatable bonds is 6. The van der Waals surface area contributed by atoms with Crippen LogP contribution in [-0.2, 0) is 19.0 Å². The lowest BCUT2D eigenvalue weighted by molar-refractivity contribution is -0.179. The Kier molecular flexibility index (Phi) is 5.31. The number of anilines is 1. The zero-order valence-corrected chi connectivity index (χ0v) is 11.9. The van der Waals surface area contributed by atoms with Crippen molar-refractivity contribution in [1.29, 1.82) is 0 Å². The maximum absolute atomic E-state index is 11.5. The molecule has 110 valence electrons. The van der Waals surface area contributed by atoms with E-state index in [-0.39, 0.29) is 6.61 Å². The molecule has 0 aromatic carbocycles. The van der Waals surface area contributed by atoms with Gasteiger partial charge in [0, 0.05) is 39.2 Å². The molecule has 0 radical (unpaired) electrons. The van der Waals surface area contributed by atoms with Crippen LogP contribution in [0, 0.1) is 0 Å². The lowest BCUT2D eigenvalue weighted by atomic mass is 10.3. The number of carbonyl (C=O) groups excluding carboxylic acids is 1. The summed E-state index contributed by atoms with van der Waals surface area (Å²) in [7, 11) is 2.92. The third kappa shape index (κ3) is 3.68. The molecule has 1 aromatic rings. The minimum absolute atomic E-state index is 0.105. The van der Waals surface area contributed by atoms with Gasteiger partial charge in [-0.3, -0.25) is 4.98 Å². The fourth-order valence-corrected chi connectivity index (χ4v) is 2.24. The zero-order valence-electron chi connectivity index (χ0n) is 11.9. The average molecular weight is 280 g/mol. The van der Waals surface area contributed by atoms with Crippen molar-refractivity contribution < 1.29 is 19.0 Å². The molecule has 0 amide bonds. The first-order chi connectivity index (χ1) is 9.74. The van der Waals surface area contributed by atoms with Crippen LogP contribution < -0.4 is 4.90 Å². The van der Waals surface area contributed by atoms with E-state index in [9.17, 15) is 4.79 Å². The van der Waals surface area contributed by atoms with Crippen LogP contribution in [0.4, 0.5) is 5.69 Å². The summed E-state index contributed by atoms with van der Waals surface area (Å²) in [5, 5.41) is 0. The number of pyridine rings is 1. The summed E-state index contributed by atoms with van der Waals surface area (Å²) in [6.07, 6.45) is 3.31. The number of hydrogen-bond donors (Lipinski definition) is 0. The van der Waals surface area contributed by atoms with Gasteiger partial charge in [0.05, 0.1) is 0 Å². The molecular weight excluding hydrogens is 260 g/mol. The minimum Gasteiger partial charge on any atom is -0.428 e. The van der Waals surface area contributed by atoms with Crippen molar-refractivity contribution in [3.05, 3.63) is 24.0 Å². The van der Waals surface area contributed by atoms with Crippen LogP contribution in [0.25, 0.3) is 0 Å². The zero-order chi connectivity index (χ0) is 14.4. The largest absolute Gasteiger partial charge is 0.428 e. The summed E-state index contributed by atoms with van der Waals surface area (Å²) in [6, 6.07) is 3.86. The Bertz CT molecular complexity index is 447. The molecule has 1 fully saturated rings. The van der Waals surface area contributed by atoms with Crippen molar-refractivity contribution in [2.75, 3.05) is 38.8 Å². The SMILES string of the molecule is COCC(=O)OC(OC)c1cc(N2CCCC2)ccn1. The fraction of sp³-hybridized carbons (Fsp3) is 0.571. The Balaban J connectivity index is 2.08. The molecule has 6 nitrogen and oxygen atoms in total. The molecule has 1 aliphatic rings. The maximum Gasteiger partial charge on any atom is 0.334 e. The first-order valence-corrected chi connectivity index (χ1v) is 6.66. The molecule has 6 heteroatoms. The first-order valence-electron chi connectivity index (χ1n) is 6.66. The number of methoxy groups -OCH3 is 2. The molecule has 1 unspecified atom stereocenters. The van der Waals surface area contributed by atoms with Crippen LogP contribution in [0.2, 0.25) is 0 Å². The molecule has 0 saturated carbocycles. The summed E-state index contributed by atoms with van der Waals surface area (Å²) in [5.74, 6) is -0.479. The monoisotopic (exact) mass is 280 g/mol. The topological polar surface area (TPSA) is 60.9 Å². The van der Waals surface area contributed by atoms with Crippen LogP contribution in [0.15, 0.2) is 18.3 Å². The Morgan fingerprint density at radius 1 is 1.40 bits per heavy atom. The van der Waals surface area contributed by atoms with Crippen LogP contribution in [0.5, 0.6) is 0 Å². The number of nitrogens with zero attached hydrogens (tertiary/aromatic N) is 2. The van der Waals surface area contributed by atoms with Crippen LogP contribution in [-0.4, -0.2) is 44.9 Å². The first kappa shape index (κ1) is 14.7. The second-order valence-corrected chi connectivity index (χ2v) is 4.62. The third-order valence-electron chi connectivity index (χ3n) is 3.19. The third-order valence-corrected chi connectivity index (χ3v) is 3.19. The van der Waals surface area contributed by atoms with Crippen LogP contribution in [0.1, 0.15) is 24.8 Å². The molecule has 2 rings (SSSR count). The number of hydrogen-bond acceptors (Lipinski definition) is 6. The van der Waals surface area contributed by atoms with Gasteiger partial charge in [0.25, 0.3) is 0 Å². The van der Waals surface area contributed by atoms with Gasteiger partial charge in [0.15, 0.2) is 0 Å². The van der Waals surface area contributed by atoms with Crippen molar-refractivity contribution in [3.8, 4) is 0 Å². The van der Waals surface area contributed by atoms with E-state index in [0.717, 1.165) is 18.8 Å². The standard InChI is InChI=1S/C14H20N2O4/c1-18-10-13(17)20-14(19-2)12-9-11(5-6-15-12)16-7-3-4-8-16/h5-6,9,14H,3-4,7-8,10H2,1-2H3. The molecule has 1 aliphatic heterocycles. The average Bonchev–Trinajstić information content (AvgIpc) is 2.99. The van der Waals surface area contributed by atoms with Crippen LogP contribution >= 0.6 is 0 Å². The van der Waals surface area contributed by atoms with Crippen molar-refractivity contribution in [2.45, 2.75) is 19.1 Å². The van der Waals surface area contributed by atoms with E-state index in [0.29, 0.717) is 5.69 Å². The van der Waals surface area contributed by atoms with Gasteiger partial charge in [-0.1, -0.05) is 0 Å². The lowest BCUT2D eigenvalue weighted by Gasteiger charge is -2.20. The van der Waals surface area contributed by atoms with E-state index < -0.39 is 12.3 Å². The number of ether oxygens (including phenoxy) is 3. The van der Waals surface area contributed by atoms with E-state index in [2.05, 4.69) is 9.88 Å². The molecule has 0 N–H and O–H groups in total. The maximum atomic E-state index is 11.5. The number of esters is 1. The van der Waals surface area contributed by atoms with Crippen molar-refractivity contribution in [2.24, 2.45) is 0 Å². The number of aromatic nitrogens is 1. The summed E-state index contributed by atoms with van der Waals surface area (Å²) in [4.78, 5) is 18.0. The second kappa shape index (κ2) is 7.21. The van der Waals surface area contributed by atoms with Gasteiger partial charge in [-0.15, -0.1) is 0 Å². The van der Waals surface area contributed by atoms with Crippen LogP contribution in [0.3, 0.4) is 0 Å². The highest BCUT2D eigenvalue weighted by molar-refractivity contribution is 5.70. The van der Waals surface area contributed by atoms with E-state index in [4.69, 9.17) is 14.2 Å². The minimum atomic E-state index is -0.805. The molecule has 0 aliphatic carbocycles. The van der Waals surface area contributed by atoms with E-state index in [1.807, 2.05) is 12.1 Å². The van der Waals surface area contributed by atoms with Crippen molar-refractivity contribution in [3.63, 3.8) is 0 Å². The molecule has 1 atom stereocenters. The van der Waals surface area contributed by atoms with Gasteiger partial charge < -0.3 is 19.1 Å². The summed E-state index contributed by atoms with van der Waals surface area (Å²) < 4.78 is 15.1. The second-order valence-electron chi connectivity index (χ2n) is 4.62. The number of carbonyl (C=O) groups is 1. The van der Waals surface area contributed by atoms with E-state index in [1.54, 1.807) is 6.20 Å². The lowest BCUT2D eigenvalue weighted by Crippen LogP contribution is -2.20. The van der Waals surface area contributed by atoms with Gasteiger partial charge >= 0.3 is 5.97 Å². The highest BCUT2D eigenvalue weighted by atomic mass is 16.7. The predicted octanol–water partition coefficient (Wildman–Crippen LogP) is 1.52. The van der Waals surface area contributed by atoms with Gasteiger partial charge in [0.2, 0.25) is 6.29 Å². The van der Waals surface area contributed by atoms with Gasteiger partial charge in [-0.25, -0.2) is 4.79 Å². The normalized spacial score (nSPS) is 16.2. The molecule has 0 bridgehead atoms. The molecule has 1 aromatic heterocycles. The van der Waals surface area contributed by atoms with E-state index in [1.165, 1.54) is 27.1 Å². The quantitative estimate of drug-likeness (QED) is 0.581. The van der Waals surface area contributed by atoms with Gasteiger partial charge in [0.1, 0.15) is 12.3 Å². The van der Waals surface area contributed by atoms with Gasteiger partial charge in [-0.05, 0) is 25.0 Å². The molecular formula is C14H20N2O4. The summed E-state index contributed by atoms with van der Waals surface area (Å²) >= 11 is 0. The Morgan fingerprint density at radius 2 is 2.15 bits per heavy atom. The van der Waals surface area contributed by atoms with Crippen molar-refractivity contribution in [1.82, 2.24) is 4.98 Å². The molecule has 20 heavy (non-hydrogen) atoms. The Hall–Kier alpha value is -1.66. The fourth-order valence-electron chi connectivity index (χ4n) is 2.24. The molecule has 0 spiro atoms.